The van der Waals surface area contributed by atoms with Crippen LogP contribution in [0.4, 0.5) is 0 Å². The molecule has 3 rings (SSSR count). The molecule has 3 heterocycles. The van der Waals surface area contributed by atoms with Gasteiger partial charge in [0.1, 0.15) is 21.2 Å². The normalized spacial score (nSPS) is 23.1. The number of hydrogen-bond donors (Lipinski definition) is 2. The highest BCUT2D eigenvalue weighted by Crippen LogP contribution is 2.24. The van der Waals surface area contributed by atoms with E-state index in [0.29, 0.717) is 36.6 Å². The van der Waals surface area contributed by atoms with Gasteiger partial charge in [0.05, 0.1) is 11.5 Å². The maximum absolute atomic E-state index is 12.4. The fourth-order valence-electron chi connectivity index (χ4n) is 3.91. The molecule has 7 nitrogen and oxygen atoms in total. The van der Waals surface area contributed by atoms with Crippen LogP contribution in [-0.2, 0) is 9.84 Å². The van der Waals surface area contributed by atoms with Crippen LogP contribution < -0.4 is 16.3 Å². The number of sulfone groups is 1. The van der Waals surface area contributed by atoms with Crippen molar-refractivity contribution in [1.82, 2.24) is 10.6 Å². The first-order valence-corrected chi connectivity index (χ1v) is 11.5. The Morgan fingerprint density at radius 1 is 1.30 bits per heavy atom. The van der Waals surface area contributed by atoms with Crippen molar-refractivity contribution in [3.63, 3.8) is 0 Å². The second-order valence-electron chi connectivity index (χ2n) is 7.68. The van der Waals surface area contributed by atoms with Gasteiger partial charge in [0.2, 0.25) is 0 Å². The third-order valence-electron chi connectivity index (χ3n) is 5.61. The minimum Gasteiger partial charge on any atom is -0.427 e. The topological polar surface area (TPSA) is 105 Å². The van der Waals surface area contributed by atoms with Crippen LogP contribution in [0.15, 0.2) is 15.3 Å². The van der Waals surface area contributed by atoms with Crippen molar-refractivity contribution in [2.24, 2.45) is 5.92 Å². The molecule has 0 spiro atoms. The van der Waals surface area contributed by atoms with E-state index in [1.807, 2.05) is 0 Å². The highest BCUT2D eigenvalue weighted by atomic mass is 32.2. The van der Waals surface area contributed by atoms with Crippen molar-refractivity contribution < 1.29 is 17.6 Å². The van der Waals surface area contributed by atoms with Gasteiger partial charge in [-0.25, -0.2) is 13.2 Å². The number of hydrogen-bond acceptors (Lipinski definition) is 6. The van der Waals surface area contributed by atoms with E-state index in [2.05, 4.69) is 10.6 Å². The Morgan fingerprint density at radius 3 is 2.67 bits per heavy atom. The van der Waals surface area contributed by atoms with Gasteiger partial charge in [-0.05, 0) is 63.1 Å². The molecule has 2 N–H and O–H groups in total. The smallest absolute Gasteiger partial charge is 0.349 e. The second kappa shape index (κ2) is 8.56. The standard InChI is InChI=1S/C19H28N2O5S/c1-13-11-16(15-3-2-7-20-12-15)26-19(23)17(13)18(22)21-8-4-14-5-9-27(24,25)10-6-14/h11,14-15,20H,2-10,12H2,1H3,(H,21,22). The Bertz CT molecular complexity index is 826. The first-order chi connectivity index (χ1) is 12.9. The number of amides is 1. The van der Waals surface area contributed by atoms with Gasteiger partial charge in [-0.15, -0.1) is 0 Å². The molecule has 1 amide bonds. The number of piperidine rings is 1. The summed E-state index contributed by atoms with van der Waals surface area (Å²) in [6.45, 7) is 3.95. The van der Waals surface area contributed by atoms with Crippen molar-refractivity contribution in [3.8, 4) is 0 Å². The molecule has 1 aromatic heterocycles. The van der Waals surface area contributed by atoms with Crippen molar-refractivity contribution >= 4 is 15.7 Å². The number of nitrogens with one attached hydrogen (secondary N) is 2. The first kappa shape index (κ1) is 20.1. The Kier molecular flexibility index (Phi) is 6.37. The van der Waals surface area contributed by atoms with E-state index in [1.165, 1.54) is 0 Å². The molecule has 1 unspecified atom stereocenters. The maximum atomic E-state index is 12.4. The van der Waals surface area contributed by atoms with E-state index >= 15 is 0 Å². The van der Waals surface area contributed by atoms with Crippen LogP contribution in [-0.4, -0.2) is 45.5 Å². The Morgan fingerprint density at radius 2 is 2.04 bits per heavy atom. The molecule has 0 bridgehead atoms. The van der Waals surface area contributed by atoms with Gasteiger partial charge < -0.3 is 15.1 Å². The fourth-order valence-corrected chi connectivity index (χ4v) is 5.50. The lowest BCUT2D eigenvalue weighted by Gasteiger charge is -2.22. The van der Waals surface area contributed by atoms with E-state index in [9.17, 15) is 18.0 Å². The predicted octanol–water partition coefficient (Wildman–Crippen LogP) is 1.36. The molecule has 0 saturated carbocycles. The van der Waals surface area contributed by atoms with E-state index in [0.717, 1.165) is 32.4 Å². The van der Waals surface area contributed by atoms with Crippen LogP contribution >= 0.6 is 0 Å². The molecule has 150 valence electrons. The Balaban J connectivity index is 1.57. The predicted molar refractivity (Wildman–Crippen MR) is 103 cm³/mol. The minimum absolute atomic E-state index is 0.0636. The van der Waals surface area contributed by atoms with Crippen LogP contribution in [0.5, 0.6) is 0 Å². The minimum atomic E-state index is -2.87. The molecule has 2 aliphatic heterocycles. The highest BCUT2D eigenvalue weighted by molar-refractivity contribution is 7.91. The molecule has 0 aliphatic carbocycles. The summed E-state index contributed by atoms with van der Waals surface area (Å²) in [6.07, 6.45) is 4.01. The highest BCUT2D eigenvalue weighted by Gasteiger charge is 2.25. The van der Waals surface area contributed by atoms with E-state index in [-0.39, 0.29) is 23.0 Å². The molecule has 2 saturated heterocycles. The summed E-state index contributed by atoms with van der Waals surface area (Å²) in [6, 6.07) is 1.81. The van der Waals surface area contributed by atoms with E-state index < -0.39 is 21.4 Å². The van der Waals surface area contributed by atoms with Gasteiger partial charge in [-0.3, -0.25) is 4.79 Å². The van der Waals surface area contributed by atoms with Crippen LogP contribution in [0.2, 0.25) is 0 Å². The molecule has 1 atom stereocenters. The summed E-state index contributed by atoms with van der Waals surface area (Å²) < 4.78 is 28.4. The van der Waals surface area contributed by atoms with Gasteiger partial charge >= 0.3 is 5.63 Å². The van der Waals surface area contributed by atoms with E-state index in [4.69, 9.17) is 4.42 Å². The zero-order chi connectivity index (χ0) is 19.4. The molecule has 0 aromatic carbocycles. The molecule has 1 aromatic rings. The van der Waals surface area contributed by atoms with Gasteiger partial charge in [-0.1, -0.05) is 0 Å². The summed E-state index contributed by atoms with van der Waals surface area (Å²) in [5.41, 5.74) is 0.110. The zero-order valence-electron chi connectivity index (χ0n) is 15.8. The van der Waals surface area contributed by atoms with Gasteiger partial charge in [0.25, 0.3) is 5.91 Å². The van der Waals surface area contributed by atoms with Crippen LogP contribution in [0.1, 0.15) is 59.7 Å². The summed E-state index contributed by atoms with van der Waals surface area (Å²) in [4.78, 5) is 24.8. The summed E-state index contributed by atoms with van der Waals surface area (Å²) in [5, 5.41) is 6.08. The van der Waals surface area contributed by atoms with Gasteiger partial charge in [0.15, 0.2) is 0 Å². The van der Waals surface area contributed by atoms with E-state index in [1.54, 1.807) is 13.0 Å². The van der Waals surface area contributed by atoms with Crippen LogP contribution in [0.25, 0.3) is 0 Å². The molecule has 27 heavy (non-hydrogen) atoms. The van der Waals surface area contributed by atoms with Crippen molar-refractivity contribution in [3.05, 3.63) is 33.4 Å². The van der Waals surface area contributed by atoms with Crippen molar-refractivity contribution in [1.29, 1.82) is 0 Å². The first-order valence-electron chi connectivity index (χ1n) is 9.70. The number of carbonyl (C=O) groups excluding carboxylic acids is 1. The summed E-state index contributed by atoms with van der Waals surface area (Å²) in [5.74, 6) is 1.15. The summed E-state index contributed by atoms with van der Waals surface area (Å²) >= 11 is 0. The van der Waals surface area contributed by atoms with Gasteiger partial charge in [0, 0.05) is 19.0 Å². The molecular weight excluding hydrogens is 368 g/mol. The zero-order valence-corrected chi connectivity index (χ0v) is 16.6. The van der Waals surface area contributed by atoms with Crippen molar-refractivity contribution in [2.45, 2.75) is 44.9 Å². The number of rotatable bonds is 5. The number of aryl methyl sites for hydroxylation is 1. The molecule has 0 radical (unpaired) electrons. The maximum Gasteiger partial charge on any atom is 0.349 e. The summed E-state index contributed by atoms with van der Waals surface area (Å²) in [7, 11) is -2.87. The Labute approximate surface area is 159 Å². The fraction of sp³-hybridized carbons (Fsp3) is 0.684. The molecule has 8 heteroatoms. The molecular formula is C19H28N2O5S. The lowest BCUT2D eigenvalue weighted by Crippen LogP contribution is -2.33. The van der Waals surface area contributed by atoms with Crippen LogP contribution in [0, 0.1) is 12.8 Å². The quantitative estimate of drug-likeness (QED) is 0.779. The van der Waals surface area contributed by atoms with Crippen LogP contribution in [0.3, 0.4) is 0 Å². The average Bonchev–Trinajstić information content (AvgIpc) is 2.63. The number of carbonyl (C=O) groups is 1. The third-order valence-corrected chi connectivity index (χ3v) is 7.32. The second-order valence-corrected chi connectivity index (χ2v) is 9.98. The molecule has 2 fully saturated rings. The lowest BCUT2D eigenvalue weighted by molar-refractivity contribution is 0.0945. The van der Waals surface area contributed by atoms with Crippen molar-refractivity contribution in [2.75, 3.05) is 31.1 Å². The average molecular weight is 397 g/mol. The van der Waals surface area contributed by atoms with Gasteiger partial charge in [-0.2, -0.15) is 0 Å². The Hall–Kier alpha value is -1.67. The monoisotopic (exact) mass is 396 g/mol. The largest absolute Gasteiger partial charge is 0.427 e. The lowest BCUT2D eigenvalue weighted by atomic mass is 9.95. The SMILES string of the molecule is Cc1cc(C2CCCNC2)oc(=O)c1C(=O)NCCC1CCS(=O)(=O)CC1. The molecule has 2 aliphatic rings. The third kappa shape index (κ3) is 5.19.